The van der Waals surface area contributed by atoms with Gasteiger partial charge in [0.25, 0.3) is 0 Å². The molecule has 1 nitrogen and oxygen atoms in total. The highest BCUT2D eigenvalue weighted by molar-refractivity contribution is 5.85. The molecular formula is C15H18O. The molecule has 0 saturated heterocycles. The number of rotatable bonds is 3. The Morgan fingerprint density at radius 3 is 2.69 bits per heavy atom. The van der Waals surface area contributed by atoms with Crippen molar-refractivity contribution in [1.82, 2.24) is 0 Å². The second-order valence-electron chi connectivity index (χ2n) is 6.02. The van der Waals surface area contributed by atoms with Gasteiger partial charge in [0.1, 0.15) is 5.78 Å². The van der Waals surface area contributed by atoms with Crippen molar-refractivity contribution < 1.29 is 4.79 Å². The second kappa shape index (κ2) is 3.19. The Morgan fingerprint density at radius 1 is 1.38 bits per heavy atom. The first-order valence-electron chi connectivity index (χ1n) is 6.18. The lowest BCUT2D eigenvalue weighted by Gasteiger charge is -2.29. The molecule has 2 aliphatic carbocycles. The van der Waals surface area contributed by atoms with E-state index >= 15 is 0 Å². The molecule has 1 aromatic rings. The lowest BCUT2D eigenvalue weighted by molar-refractivity contribution is -0.121. The summed E-state index contributed by atoms with van der Waals surface area (Å²) in [6.07, 6.45) is 2.97. The first-order valence-corrected chi connectivity index (χ1v) is 6.18. The highest BCUT2D eigenvalue weighted by atomic mass is 16.1. The third kappa shape index (κ3) is 1.50. The molecule has 0 aromatic heterocycles. The van der Waals surface area contributed by atoms with Crippen LogP contribution in [0.25, 0.3) is 0 Å². The third-order valence-electron chi connectivity index (χ3n) is 4.31. The number of hydrogen-bond donors (Lipinski definition) is 0. The van der Waals surface area contributed by atoms with Gasteiger partial charge in [0.15, 0.2) is 0 Å². The SMILES string of the molecule is CC1(C)CC1C(=O)CC1Cc2ccccc21. The van der Waals surface area contributed by atoms with Crippen molar-refractivity contribution in [3.63, 3.8) is 0 Å². The Bertz CT molecular complexity index is 445. The van der Waals surface area contributed by atoms with Crippen LogP contribution in [0.5, 0.6) is 0 Å². The Balaban J connectivity index is 1.65. The van der Waals surface area contributed by atoms with Crippen LogP contribution >= 0.6 is 0 Å². The fourth-order valence-electron chi connectivity index (χ4n) is 2.95. The van der Waals surface area contributed by atoms with Gasteiger partial charge in [-0.25, -0.2) is 0 Å². The first kappa shape index (κ1) is 10.1. The number of carbonyl (C=O) groups is 1. The summed E-state index contributed by atoms with van der Waals surface area (Å²) in [5.41, 5.74) is 3.14. The van der Waals surface area contributed by atoms with Crippen LogP contribution in [-0.4, -0.2) is 5.78 Å². The number of ketones is 1. The zero-order valence-electron chi connectivity index (χ0n) is 9.99. The Kier molecular flexibility index (Phi) is 2.01. The van der Waals surface area contributed by atoms with Crippen molar-refractivity contribution in [2.24, 2.45) is 11.3 Å². The van der Waals surface area contributed by atoms with Crippen molar-refractivity contribution in [2.45, 2.75) is 39.0 Å². The van der Waals surface area contributed by atoms with Gasteiger partial charge >= 0.3 is 0 Å². The molecule has 0 bridgehead atoms. The van der Waals surface area contributed by atoms with Crippen LogP contribution in [0.15, 0.2) is 24.3 Å². The van der Waals surface area contributed by atoms with E-state index < -0.39 is 0 Å². The molecule has 16 heavy (non-hydrogen) atoms. The van der Waals surface area contributed by atoms with E-state index in [0.717, 1.165) is 19.3 Å². The number of hydrogen-bond acceptors (Lipinski definition) is 1. The van der Waals surface area contributed by atoms with E-state index in [-0.39, 0.29) is 0 Å². The van der Waals surface area contributed by atoms with Gasteiger partial charge in [-0.3, -0.25) is 4.79 Å². The zero-order valence-corrected chi connectivity index (χ0v) is 9.99. The van der Waals surface area contributed by atoms with Crippen molar-refractivity contribution in [3.8, 4) is 0 Å². The molecule has 0 spiro atoms. The molecule has 1 aromatic carbocycles. The van der Waals surface area contributed by atoms with E-state index in [1.54, 1.807) is 0 Å². The van der Waals surface area contributed by atoms with E-state index in [4.69, 9.17) is 0 Å². The number of carbonyl (C=O) groups excluding carboxylic acids is 1. The number of fused-ring (bicyclic) bond motifs is 1. The number of Topliss-reactive ketones (excluding diaryl/α,β-unsaturated/α-hetero) is 1. The van der Waals surface area contributed by atoms with Gasteiger partial charge in [-0.05, 0) is 35.3 Å². The first-order chi connectivity index (χ1) is 7.58. The molecule has 0 radical (unpaired) electrons. The Hall–Kier alpha value is -1.11. The van der Waals surface area contributed by atoms with Crippen molar-refractivity contribution in [2.75, 3.05) is 0 Å². The van der Waals surface area contributed by atoms with Crippen LogP contribution in [0.3, 0.4) is 0 Å². The summed E-state index contributed by atoms with van der Waals surface area (Å²) < 4.78 is 0. The topological polar surface area (TPSA) is 17.1 Å². The van der Waals surface area contributed by atoms with Crippen LogP contribution in [0, 0.1) is 11.3 Å². The van der Waals surface area contributed by atoms with Crippen LogP contribution in [-0.2, 0) is 11.2 Å². The summed E-state index contributed by atoms with van der Waals surface area (Å²) in [6, 6.07) is 8.52. The monoisotopic (exact) mass is 214 g/mol. The van der Waals surface area contributed by atoms with E-state index in [0.29, 0.717) is 23.0 Å². The van der Waals surface area contributed by atoms with E-state index in [1.807, 2.05) is 0 Å². The van der Waals surface area contributed by atoms with Gasteiger partial charge in [-0.2, -0.15) is 0 Å². The van der Waals surface area contributed by atoms with Gasteiger partial charge in [0.05, 0.1) is 0 Å². The Labute approximate surface area is 96.9 Å². The molecular weight excluding hydrogens is 196 g/mol. The minimum atomic E-state index is 0.292. The molecule has 1 fully saturated rings. The van der Waals surface area contributed by atoms with Crippen LogP contribution < -0.4 is 0 Å². The maximum absolute atomic E-state index is 12.0. The Morgan fingerprint density at radius 2 is 2.06 bits per heavy atom. The lowest BCUT2D eigenvalue weighted by atomic mass is 9.74. The van der Waals surface area contributed by atoms with E-state index in [2.05, 4.69) is 38.1 Å². The zero-order chi connectivity index (χ0) is 11.3. The average Bonchev–Trinajstić information content (AvgIpc) is 2.84. The fourth-order valence-corrected chi connectivity index (χ4v) is 2.95. The van der Waals surface area contributed by atoms with Gasteiger partial charge in [-0.15, -0.1) is 0 Å². The average molecular weight is 214 g/mol. The summed E-state index contributed by atoms with van der Waals surface area (Å²) in [6.45, 7) is 4.40. The van der Waals surface area contributed by atoms with Gasteiger partial charge in [0.2, 0.25) is 0 Å². The predicted octanol–water partition coefficient (Wildman–Crippen LogP) is 3.33. The normalized spacial score (nSPS) is 29.1. The summed E-state index contributed by atoms with van der Waals surface area (Å²) in [5, 5.41) is 0. The molecule has 3 rings (SSSR count). The quantitative estimate of drug-likeness (QED) is 0.754. The second-order valence-corrected chi connectivity index (χ2v) is 6.02. The highest BCUT2D eigenvalue weighted by Crippen LogP contribution is 2.53. The van der Waals surface area contributed by atoms with Crippen molar-refractivity contribution in [3.05, 3.63) is 35.4 Å². The summed E-state index contributed by atoms with van der Waals surface area (Å²) in [7, 11) is 0. The molecule has 2 unspecified atom stereocenters. The summed E-state index contributed by atoms with van der Waals surface area (Å²) in [4.78, 5) is 12.0. The maximum atomic E-state index is 12.0. The molecule has 1 heteroatoms. The summed E-state index contributed by atoms with van der Waals surface area (Å²) >= 11 is 0. The van der Waals surface area contributed by atoms with Gasteiger partial charge in [-0.1, -0.05) is 38.1 Å². The van der Waals surface area contributed by atoms with Crippen LogP contribution in [0.4, 0.5) is 0 Å². The van der Waals surface area contributed by atoms with Crippen molar-refractivity contribution >= 4 is 5.78 Å². The van der Waals surface area contributed by atoms with E-state index in [9.17, 15) is 4.79 Å². The lowest BCUT2D eigenvalue weighted by Crippen LogP contribution is -2.21. The number of benzene rings is 1. The van der Waals surface area contributed by atoms with Crippen LogP contribution in [0.2, 0.25) is 0 Å². The molecule has 0 aliphatic heterocycles. The van der Waals surface area contributed by atoms with Crippen LogP contribution in [0.1, 0.15) is 43.7 Å². The molecule has 1 saturated carbocycles. The third-order valence-corrected chi connectivity index (χ3v) is 4.31. The van der Waals surface area contributed by atoms with Gasteiger partial charge < -0.3 is 0 Å². The van der Waals surface area contributed by atoms with Crippen molar-refractivity contribution in [1.29, 1.82) is 0 Å². The largest absolute Gasteiger partial charge is 0.299 e. The summed E-state index contributed by atoms with van der Waals surface area (Å²) in [5.74, 6) is 1.35. The minimum absolute atomic E-state index is 0.292. The standard InChI is InChI=1S/C15H18O/c1-15(2)9-13(15)14(16)8-11-7-10-5-3-4-6-12(10)11/h3-6,11,13H,7-9H2,1-2H3. The predicted molar refractivity (Wildman–Crippen MR) is 64.4 cm³/mol. The molecule has 84 valence electrons. The highest BCUT2D eigenvalue weighted by Gasteiger charge is 2.50. The van der Waals surface area contributed by atoms with E-state index in [1.165, 1.54) is 11.1 Å². The minimum Gasteiger partial charge on any atom is -0.299 e. The maximum Gasteiger partial charge on any atom is 0.137 e. The fraction of sp³-hybridized carbons (Fsp3) is 0.533. The van der Waals surface area contributed by atoms with Gasteiger partial charge in [0, 0.05) is 12.3 Å². The smallest absolute Gasteiger partial charge is 0.137 e. The molecule has 0 heterocycles. The molecule has 0 amide bonds. The molecule has 2 aliphatic rings. The molecule has 0 N–H and O–H groups in total. The molecule has 2 atom stereocenters.